The molecule has 12 heteroatoms. The highest BCUT2D eigenvalue weighted by molar-refractivity contribution is 6.23. The van der Waals surface area contributed by atoms with Crippen molar-refractivity contribution in [1.29, 1.82) is 0 Å². The smallest absolute Gasteiger partial charge is 0.262 e. The number of amides is 3. The van der Waals surface area contributed by atoms with Gasteiger partial charge < -0.3 is 10.1 Å². The first kappa shape index (κ1) is 34.3. The summed E-state index contributed by atoms with van der Waals surface area (Å²) in [4.78, 5) is 55.0. The van der Waals surface area contributed by atoms with Gasteiger partial charge in [-0.25, -0.2) is 14.6 Å². The summed E-state index contributed by atoms with van der Waals surface area (Å²) in [6.45, 7) is 6.90. The van der Waals surface area contributed by atoms with Gasteiger partial charge in [-0.05, 0) is 93.5 Å². The van der Waals surface area contributed by atoms with Gasteiger partial charge >= 0.3 is 0 Å². The monoisotopic (exact) mass is 724 g/mol. The molecule has 2 aromatic heterocycles. The quantitative estimate of drug-likeness (QED) is 0.199. The maximum atomic E-state index is 13.6. The van der Waals surface area contributed by atoms with E-state index < -0.39 is 6.04 Å². The van der Waals surface area contributed by atoms with Crippen molar-refractivity contribution in [3.63, 3.8) is 0 Å². The lowest BCUT2D eigenvalue weighted by atomic mass is 9.90. The fraction of sp³-hybridized carbons (Fsp3) is 0.381. The van der Waals surface area contributed by atoms with E-state index in [1.165, 1.54) is 4.90 Å². The van der Waals surface area contributed by atoms with Gasteiger partial charge in [0, 0.05) is 50.9 Å². The number of hydrogen-bond donors (Lipinski definition) is 1. The fourth-order valence-electron chi connectivity index (χ4n) is 8.87. The van der Waals surface area contributed by atoms with Crippen LogP contribution in [0.5, 0.6) is 11.5 Å². The van der Waals surface area contributed by atoms with E-state index in [1.54, 1.807) is 12.4 Å². The minimum Gasteiger partial charge on any atom is -0.457 e. The Bertz CT molecular complexity index is 2210. The summed E-state index contributed by atoms with van der Waals surface area (Å²) in [5.41, 5.74) is 5.45. The van der Waals surface area contributed by atoms with E-state index in [0.29, 0.717) is 36.7 Å². The number of nitrogens with one attached hydrogen (secondary N) is 1. The van der Waals surface area contributed by atoms with Crippen molar-refractivity contribution >= 4 is 28.8 Å². The molecule has 1 saturated carbocycles. The molecule has 5 heterocycles. The Balaban J connectivity index is 0.833. The third kappa shape index (κ3) is 6.32. The summed E-state index contributed by atoms with van der Waals surface area (Å²) >= 11 is 0. The standard InChI is InChI=1S/C42H44N8O4/c1-27-36-38(28-12-18-33(19-13-28)54-32-8-3-2-4-9-32)46-50(39(36)45-26-44-27)31-16-14-30(15-17-31)48-23-21-47(22-24-48)25-29-7-5-10-34-37(29)42(53)49(41(34)52)35-11-6-20-43-40(35)51/h2-5,7-10,12-13,18-19,26,30-31,35H,6,11,14-17,20-25H2,1H3,(H,43,51). The zero-order chi connectivity index (χ0) is 36.8. The molecule has 1 N–H and O–H groups in total. The van der Waals surface area contributed by atoms with Crippen LogP contribution in [0.25, 0.3) is 22.3 Å². The van der Waals surface area contributed by atoms with E-state index >= 15 is 0 Å². The van der Waals surface area contributed by atoms with Crippen LogP contribution < -0.4 is 10.1 Å². The van der Waals surface area contributed by atoms with Crippen molar-refractivity contribution in [3.05, 3.63) is 102 Å². The van der Waals surface area contributed by atoms with Crippen LogP contribution in [0.2, 0.25) is 0 Å². The van der Waals surface area contributed by atoms with Crippen LogP contribution in [-0.2, 0) is 11.3 Å². The van der Waals surface area contributed by atoms with Gasteiger partial charge in [-0.1, -0.05) is 30.3 Å². The fourth-order valence-corrected chi connectivity index (χ4v) is 8.87. The molecule has 1 atom stereocenters. The largest absolute Gasteiger partial charge is 0.457 e. The van der Waals surface area contributed by atoms with E-state index in [4.69, 9.17) is 14.8 Å². The number of rotatable bonds is 8. The molecule has 0 bridgehead atoms. The molecule has 1 aliphatic carbocycles. The van der Waals surface area contributed by atoms with E-state index in [9.17, 15) is 14.4 Å². The van der Waals surface area contributed by atoms with Gasteiger partial charge in [-0.15, -0.1) is 0 Å². The number of imide groups is 1. The van der Waals surface area contributed by atoms with Gasteiger partial charge in [0.05, 0.1) is 28.2 Å². The lowest BCUT2D eigenvalue weighted by Gasteiger charge is -2.42. The third-order valence-corrected chi connectivity index (χ3v) is 11.7. The normalized spacial score (nSPS) is 22.4. The topological polar surface area (TPSA) is 126 Å². The first-order valence-corrected chi connectivity index (χ1v) is 19.2. The maximum absolute atomic E-state index is 13.6. The van der Waals surface area contributed by atoms with Gasteiger partial charge in [0.2, 0.25) is 5.91 Å². The molecule has 3 fully saturated rings. The minimum absolute atomic E-state index is 0.245. The van der Waals surface area contributed by atoms with Gasteiger partial charge in [-0.3, -0.25) is 29.1 Å². The van der Waals surface area contributed by atoms with E-state index in [2.05, 4.69) is 36.9 Å². The van der Waals surface area contributed by atoms with E-state index in [0.717, 1.165) is 103 Å². The van der Waals surface area contributed by atoms with Crippen LogP contribution in [-0.4, -0.2) is 97.0 Å². The second-order valence-electron chi connectivity index (χ2n) is 14.9. The molecule has 5 aromatic rings. The molecule has 9 rings (SSSR count). The molecule has 4 aliphatic rings. The highest BCUT2D eigenvalue weighted by Gasteiger charge is 2.44. The number of carbonyl (C=O) groups excluding carboxylic acids is 3. The van der Waals surface area contributed by atoms with Gasteiger partial charge in [-0.2, -0.15) is 5.10 Å². The van der Waals surface area contributed by atoms with Gasteiger partial charge in [0.25, 0.3) is 11.8 Å². The summed E-state index contributed by atoms with van der Waals surface area (Å²) in [6, 6.07) is 23.4. The number of aryl methyl sites for hydroxylation is 1. The number of carbonyl (C=O) groups is 3. The third-order valence-electron chi connectivity index (χ3n) is 11.7. The predicted octanol–water partition coefficient (Wildman–Crippen LogP) is 5.77. The molecule has 54 heavy (non-hydrogen) atoms. The Morgan fingerprint density at radius 3 is 2.28 bits per heavy atom. The Morgan fingerprint density at radius 2 is 1.52 bits per heavy atom. The average Bonchev–Trinajstić information content (AvgIpc) is 3.72. The summed E-state index contributed by atoms with van der Waals surface area (Å²) in [5.74, 6) is 0.630. The summed E-state index contributed by atoms with van der Waals surface area (Å²) in [5, 5.41) is 9.01. The second-order valence-corrected chi connectivity index (χ2v) is 14.9. The molecule has 0 radical (unpaired) electrons. The molecule has 3 amide bonds. The first-order valence-electron chi connectivity index (χ1n) is 19.2. The lowest BCUT2D eigenvalue weighted by molar-refractivity contribution is -0.126. The van der Waals surface area contributed by atoms with Crippen molar-refractivity contribution in [2.45, 2.75) is 70.1 Å². The Morgan fingerprint density at radius 1 is 0.778 bits per heavy atom. The van der Waals surface area contributed by atoms with E-state index in [-0.39, 0.29) is 23.8 Å². The molecule has 2 saturated heterocycles. The average molecular weight is 725 g/mol. The van der Waals surface area contributed by atoms with Crippen LogP contribution in [0.3, 0.4) is 0 Å². The van der Waals surface area contributed by atoms with Crippen molar-refractivity contribution < 1.29 is 19.1 Å². The molecular weight excluding hydrogens is 681 g/mol. The molecule has 12 nitrogen and oxygen atoms in total. The predicted molar refractivity (Wildman–Crippen MR) is 203 cm³/mol. The molecule has 1 unspecified atom stereocenters. The van der Waals surface area contributed by atoms with E-state index in [1.807, 2.05) is 61.5 Å². The number of piperidine rings is 1. The Labute approximate surface area is 314 Å². The van der Waals surface area contributed by atoms with Crippen molar-refractivity contribution in [3.8, 4) is 22.8 Å². The number of nitrogens with zero attached hydrogens (tertiary/aromatic N) is 7. The molecule has 276 valence electrons. The summed E-state index contributed by atoms with van der Waals surface area (Å²) in [6.07, 6.45) is 7.12. The van der Waals surface area contributed by atoms with Crippen LogP contribution in [0.1, 0.15) is 76.5 Å². The molecule has 0 spiro atoms. The molecular formula is C42H44N8O4. The summed E-state index contributed by atoms with van der Waals surface area (Å²) in [7, 11) is 0. The van der Waals surface area contributed by atoms with Crippen molar-refractivity contribution in [2.75, 3.05) is 32.7 Å². The number of hydrogen-bond acceptors (Lipinski definition) is 9. The number of benzene rings is 3. The van der Waals surface area contributed by atoms with Crippen molar-refractivity contribution in [2.24, 2.45) is 0 Å². The van der Waals surface area contributed by atoms with Crippen LogP contribution in [0.4, 0.5) is 0 Å². The maximum Gasteiger partial charge on any atom is 0.262 e. The Kier molecular flexibility index (Phi) is 9.16. The van der Waals surface area contributed by atoms with Crippen LogP contribution in [0, 0.1) is 6.92 Å². The zero-order valence-electron chi connectivity index (χ0n) is 30.5. The highest BCUT2D eigenvalue weighted by atomic mass is 16.5. The Hall–Kier alpha value is -5.46. The second kappa shape index (κ2) is 14.4. The number of aromatic nitrogens is 4. The highest BCUT2D eigenvalue weighted by Crippen LogP contribution is 2.37. The van der Waals surface area contributed by atoms with Crippen molar-refractivity contribution in [1.82, 2.24) is 39.8 Å². The number of piperazine rings is 1. The minimum atomic E-state index is -0.734. The number of fused-ring (bicyclic) bond motifs is 2. The van der Waals surface area contributed by atoms with Gasteiger partial charge in [0.15, 0.2) is 5.65 Å². The van der Waals surface area contributed by atoms with Crippen LogP contribution >= 0.6 is 0 Å². The molecule has 3 aromatic carbocycles. The molecule has 3 aliphatic heterocycles. The van der Waals surface area contributed by atoms with Gasteiger partial charge in [0.1, 0.15) is 29.6 Å². The first-order chi connectivity index (χ1) is 26.4. The SMILES string of the molecule is Cc1ncnc2c1c(-c1ccc(Oc3ccccc3)cc1)nn2C1CCC(N2CCN(Cc3cccc4c3C(=O)N(C3CCCNC3=O)C4=O)CC2)CC1. The lowest BCUT2D eigenvalue weighted by Crippen LogP contribution is -2.52. The van der Waals surface area contributed by atoms with Crippen LogP contribution in [0.15, 0.2) is 79.1 Å². The number of ether oxygens (including phenoxy) is 1. The number of para-hydroxylation sites is 1. The summed E-state index contributed by atoms with van der Waals surface area (Å²) < 4.78 is 8.18. The zero-order valence-corrected chi connectivity index (χ0v) is 30.5.